The van der Waals surface area contributed by atoms with Gasteiger partial charge in [-0.15, -0.1) is 0 Å². The van der Waals surface area contributed by atoms with Gasteiger partial charge >= 0.3 is 0 Å². The van der Waals surface area contributed by atoms with Crippen LogP contribution in [0.5, 0.6) is 0 Å². The first-order valence-corrected chi connectivity index (χ1v) is 8.36. The number of nitrogens with zero attached hydrogens (tertiary/aromatic N) is 4. The van der Waals surface area contributed by atoms with Crippen LogP contribution in [0.2, 0.25) is 10.0 Å². The van der Waals surface area contributed by atoms with E-state index >= 15 is 0 Å². The van der Waals surface area contributed by atoms with Crippen LogP contribution in [0.3, 0.4) is 0 Å². The fourth-order valence-corrected chi connectivity index (χ4v) is 3.00. The predicted molar refractivity (Wildman–Crippen MR) is 95.8 cm³/mol. The average Bonchev–Trinajstić information content (AvgIpc) is 2.59. The van der Waals surface area contributed by atoms with Crippen molar-refractivity contribution < 1.29 is 4.79 Å². The first kappa shape index (κ1) is 17.0. The Bertz CT molecular complexity index is 705. The molecule has 8 heteroatoms. The summed E-state index contributed by atoms with van der Waals surface area (Å²) in [6.07, 6.45) is 3.47. The molecule has 0 unspecified atom stereocenters. The molecule has 1 aromatic heterocycles. The van der Waals surface area contributed by atoms with Crippen LogP contribution in [-0.2, 0) is 4.79 Å². The van der Waals surface area contributed by atoms with Gasteiger partial charge in [-0.25, -0.2) is 9.97 Å². The van der Waals surface area contributed by atoms with Crippen molar-refractivity contribution in [3.05, 3.63) is 46.7 Å². The molecule has 1 amide bonds. The third kappa shape index (κ3) is 4.35. The highest BCUT2D eigenvalue weighted by Gasteiger charge is 2.20. The van der Waals surface area contributed by atoms with Crippen LogP contribution < -0.4 is 10.2 Å². The summed E-state index contributed by atoms with van der Waals surface area (Å²) in [6.45, 7) is 3.46. The number of hydrogen-bond donors (Lipinski definition) is 1. The van der Waals surface area contributed by atoms with Crippen molar-refractivity contribution >= 4 is 40.7 Å². The Labute approximate surface area is 150 Å². The van der Waals surface area contributed by atoms with Crippen molar-refractivity contribution in [2.75, 3.05) is 42.9 Å². The number of aromatic nitrogens is 2. The van der Waals surface area contributed by atoms with E-state index in [0.29, 0.717) is 22.3 Å². The fourth-order valence-electron chi connectivity index (χ4n) is 2.54. The number of nitrogens with one attached hydrogen (secondary N) is 1. The molecule has 0 aliphatic carbocycles. The highest BCUT2D eigenvalue weighted by atomic mass is 35.5. The monoisotopic (exact) mass is 365 g/mol. The van der Waals surface area contributed by atoms with Crippen molar-refractivity contribution in [1.29, 1.82) is 0 Å². The number of piperazine rings is 1. The minimum absolute atomic E-state index is 0.0939. The molecule has 0 atom stereocenters. The zero-order valence-corrected chi connectivity index (χ0v) is 14.5. The Morgan fingerprint density at radius 1 is 1.12 bits per heavy atom. The Hall–Kier alpha value is -1.89. The van der Waals surface area contributed by atoms with E-state index in [1.54, 1.807) is 36.7 Å². The van der Waals surface area contributed by atoms with Crippen LogP contribution >= 0.6 is 23.2 Å². The smallest absolute Gasteiger partial charge is 0.238 e. The lowest BCUT2D eigenvalue weighted by molar-refractivity contribution is -0.117. The number of hydrogen-bond acceptors (Lipinski definition) is 5. The zero-order valence-electron chi connectivity index (χ0n) is 13.0. The largest absolute Gasteiger partial charge is 0.338 e. The maximum absolute atomic E-state index is 12.2. The third-order valence-electron chi connectivity index (χ3n) is 3.78. The van der Waals surface area contributed by atoms with Crippen molar-refractivity contribution in [1.82, 2.24) is 14.9 Å². The van der Waals surface area contributed by atoms with Gasteiger partial charge in [-0.3, -0.25) is 9.69 Å². The van der Waals surface area contributed by atoms with Gasteiger partial charge < -0.3 is 10.2 Å². The number of carbonyl (C=O) groups excluding carboxylic acids is 1. The topological polar surface area (TPSA) is 61.4 Å². The number of amides is 1. The van der Waals surface area contributed by atoms with Gasteiger partial charge in [-0.05, 0) is 24.3 Å². The standard InChI is InChI=1S/C16H17Cl2N5O/c17-12-2-3-14(13(18)10-12)21-15(24)11-22-6-8-23(9-7-22)16-19-4-1-5-20-16/h1-5,10H,6-9,11H2,(H,21,24). The minimum Gasteiger partial charge on any atom is -0.338 e. The SMILES string of the molecule is O=C(CN1CCN(c2ncccn2)CC1)Nc1ccc(Cl)cc1Cl. The summed E-state index contributed by atoms with van der Waals surface area (Å²) in [5.74, 6) is 0.637. The Balaban J connectivity index is 1.50. The number of rotatable bonds is 4. The van der Waals surface area contributed by atoms with Gasteiger partial charge in [-0.2, -0.15) is 0 Å². The second kappa shape index (κ2) is 7.79. The average molecular weight is 366 g/mol. The molecule has 1 fully saturated rings. The Morgan fingerprint density at radius 2 is 1.83 bits per heavy atom. The molecule has 2 heterocycles. The summed E-state index contributed by atoms with van der Waals surface area (Å²) >= 11 is 11.9. The maximum Gasteiger partial charge on any atom is 0.238 e. The fraction of sp³-hybridized carbons (Fsp3) is 0.312. The molecule has 0 radical (unpaired) electrons. The number of carbonyl (C=O) groups is 1. The number of anilines is 2. The zero-order chi connectivity index (χ0) is 16.9. The maximum atomic E-state index is 12.2. The van der Waals surface area contributed by atoms with Gasteiger partial charge in [0.1, 0.15) is 0 Å². The lowest BCUT2D eigenvalue weighted by Gasteiger charge is -2.34. The molecular formula is C16H17Cl2N5O. The molecule has 126 valence electrons. The van der Waals surface area contributed by atoms with Gasteiger partial charge in [0, 0.05) is 43.6 Å². The molecule has 24 heavy (non-hydrogen) atoms. The van der Waals surface area contributed by atoms with E-state index in [9.17, 15) is 4.79 Å². The van der Waals surface area contributed by atoms with Crippen molar-refractivity contribution in [3.8, 4) is 0 Å². The van der Waals surface area contributed by atoms with E-state index in [2.05, 4.69) is 25.1 Å². The van der Waals surface area contributed by atoms with Crippen LogP contribution in [0.25, 0.3) is 0 Å². The molecule has 1 aromatic carbocycles. The molecule has 1 aliphatic heterocycles. The van der Waals surface area contributed by atoms with E-state index in [4.69, 9.17) is 23.2 Å². The highest BCUT2D eigenvalue weighted by Crippen LogP contribution is 2.25. The molecule has 2 aromatic rings. The normalized spacial score (nSPS) is 15.3. The quantitative estimate of drug-likeness (QED) is 0.901. The number of halogens is 2. The first-order valence-electron chi connectivity index (χ1n) is 7.61. The second-order valence-corrected chi connectivity index (χ2v) is 6.33. The van der Waals surface area contributed by atoms with Crippen LogP contribution in [0.4, 0.5) is 11.6 Å². The van der Waals surface area contributed by atoms with Crippen molar-refractivity contribution in [2.24, 2.45) is 0 Å². The molecule has 0 bridgehead atoms. The number of benzene rings is 1. The van der Waals surface area contributed by atoms with Crippen LogP contribution in [0, 0.1) is 0 Å². The molecule has 1 N–H and O–H groups in total. The second-order valence-electron chi connectivity index (χ2n) is 5.48. The van der Waals surface area contributed by atoms with E-state index in [1.807, 2.05) is 0 Å². The Kier molecular flexibility index (Phi) is 5.50. The minimum atomic E-state index is -0.0939. The summed E-state index contributed by atoms with van der Waals surface area (Å²) < 4.78 is 0. The summed E-state index contributed by atoms with van der Waals surface area (Å²) in [7, 11) is 0. The molecule has 0 saturated carbocycles. The lowest BCUT2D eigenvalue weighted by Crippen LogP contribution is -2.49. The van der Waals surface area contributed by atoms with Crippen LogP contribution in [0.1, 0.15) is 0 Å². The van der Waals surface area contributed by atoms with Gasteiger partial charge in [0.2, 0.25) is 11.9 Å². The molecule has 1 aliphatic rings. The summed E-state index contributed by atoms with van der Waals surface area (Å²) in [4.78, 5) is 24.9. The highest BCUT2D eigenvalue weighted by molar-refractivity contribution is 6.36. The van der Waals surface area contributed by atoms with E-state index in [-0.39, 0.29) is 5.91 Å². The lowest BCUT2D eigenvalue weighted by atomic mass is 10.3. The van der Waals surface area contributed by atoms with Crippen LogP contribution in [0.15, 0.2) is 36.7 Å². The molecule has 1 saturated heterocycles. The first-order chi connectivity index (χ1) is 11.6. The van der Waals surface area contributed by atoms with Crippen molar-refractivity contribution in [3.63, 3.8) is 0 Å². The van der Waals surface area contributed by atoms with Gasteiger partial charge in [0.05, 0.1) is 17.3 Å². The third-order valence-corrected chi connectivity index (χ3v) is 4.33. The van der Waals surface area contributed by atoms with Gasteiger partial charge in [0.25, 0.3) is 0 Å². The summed E-state index contributed by atoms with van der Waals surface area (Å²) in [5.41, 5.74) is 0.572. The van der Waals surface area contributed by atoms with E-state index in [1.165, 1.54) is 0 Å². The van der Waals surface area contributed by atoms with E-state index in [0.717, 1.165) is 32.1 Å². The summed E-state index contributed by atoms with van der Waals surface area (Å²) in [6, 6.07) is 6.80. The Morgan fingerprint density at radius 3 is 2.50 bits per heavy atom. The predicted octanol–water partition coefficient (Wildman–Crippen LogP) is 2.54. The molecular weight excluding hydrogens is 349 g/mol. The van der Waals surface area contributed by atoms with Gasteiger partial charge in [-0.1, -0.05) is 23.2 Å². The van der Waals surface area contributed by atoms with Gasteiger partial charge in [0.15, 0.2) is 0 Å². The van der Waals surface area contributed by atoms with E-state index < -0.39 is 0 Å². The molecule has 3 rings (SSSR count). The van der Waals surface area contributed by atoms with Crippen LogP contribution in [-0.4, -0.2) is 53.5 Å². The summed E-state index contributed by atoms with van der Waals surface area (Å²) in [5, 5.41) is 3.79. The molecule has 6 nitrogen and oxygen atoms in total. The molecule has 0 spiro atoms. The van der Waals surface area contributed by atoms with Crippen molar-refractivity contribution in [2.45, 2.75) is 0 Å².